The van der Waals surface area contributed by atoms with Crippen molar-refractivity contribution in [3.8, 4) is 0 Å². The average Bonchev–Trinajstić information content (AvgIpc) is 2.93. The molecule has 1 aliphatic carbocycles. The Morgan fingerprint density at radius 1 is 1.30 bits per heavy atom. The zero-order valence-corrected chi connectivity index (χ0v) is 12.3. The van der Waals surface area contributed by atoms with E-state index >= 15 is 0 Å². The quantitative estimate of drug-likeness (QED) is 0.782. The molecule has 4 heteroatoms. The number of carbonyl (C=O) groups is 1. The summed E-state index contributed by atoms with van der Waals surface area (Å²) in [6.07, 6.45) is 4.76. The lowest BCUT2D eigenvalue weighted by molar-refractivity contribution is -0.123. The molecule has 0 radical (unpaired) electrons. The number of anilines is 1. The van der Waals surface area contributed by atoms with E-state index in [1.807, 2.05) is 24.3 Å². The fraction of sp³-hybridized carbons (Fsp3) is 0.562. The largest absolute Gasteiger partial charge is 0.399 e. The Morgan fingerprint density at radius 3 is 2.55 bits per heavy atom. The number of benzene rings is 1. The van der Waals surface area contributed by atoms with Gasteiger partial charge in [0.2, 0.25) is 5.91 Å². The Morgan fingerprint density at radius 2 is 1.95 bits per heavy atom. The summed E-state index contributed by atoms with van der Waals surface area (Å²) in [7, 11) is 0. The zero-order valence-electron chi connectivity index (χ0n) is 12.3. The number of hydrogen-bond acceptors (Lipinski definition) is 3. The maximum atomic E-state index is 12.0. The van der Waals surface area contributed by atoms with Gasteiger partial charge in [-0.2, -0.15) is 0 Å². The second-order valence-electron chi connectivity index (χ2n) is 5.59. The molecule has 1 amide bonds. The molecule has 20 heavy (non-hydrogen) atoms. The molecule has 1 saturated carbocycles. The van der Waals surface area contributed by atoms with Crippen molar-refractivity contribution < 1.29 is 4.79 Å². The molecule has 0 spiro atoms. The van der Waals surface area contributed by atoms with E-state index in [0.29, 0.717) is 12.6 Å². The summed E-state index contributed by atoms with van der Waals surface area (Å²) in [5.74, 6) is 0.147. The lowest BCUT2D eigenvalue weighted by Gasteiger charge is -2.21. The molecule has 3 N–H and O–H groups in total. The van der Waals surface area contributed by atoms with Crippen LogP contribution in [0.25, 0.3) is 0 Å². The Kier molecular flexibility index (Phi) is 5.41. The SMILES string of the molecule is CCN(CC(=O)NC1CCCC1)Cc1ccc(N)cc1. The summed E-state index contributed by atoms with van der Waals surface area (Å²) in [6.45, 7) is 4.20. The molecule has 0 unspecified atom stereocenters. The lowest BCUT2D eigenvalue weighted by Crippen LogP contribution is -2.40. The van der Waals surface area contributed by atoms with Gasteiger partial charge in [-0.3, -0.25) is 9.69 Å². The van der Waals surface area contributed by atoms with Gasteiger partial charge in [0.05, 0.1) is 6.54 Å². The van der Waals surface area contributed by atoms with Crippen LogP contribution in [-0.4, -0.2) is 29.9 Å². The van der Waals surface area contributed by atoms with Crippen molar-refractivity contribution >= 4 is 11.6 Å². The highest BCUT2D eigenvalue weighted by atomic mass is 16.2. The smallest absolute Gasteiger partial charge is 0.234 e. The first-order valence-electron chi connectivity index (χ1n) is 7.53. The van der Waals surface area contributed by atoms with Gasteiger partial charge in [-0.25, -0.2) is 0 Å². The van der Waals surface area contributed by atoms with Crippen LogP contribution in [0, 0.1) is 0 Å². The third-order valence-electron chi connectivity index (χ3n) is 3.92. The Bertz CT molecular complexity index is 424. The third-order valence-corrected chi connectivity index (χ3v) is 3.92. The van der Waals surface area contributed by atoms with E-state index < -0.39 is 0 Å². The maximum Gasteiger partial charge on any atom is 0.234 e. The molecule has 1 aromatic rings. The predicted octanol–water partition coefficient (Wildman–Crippen LogP) is 2.15. The molecule has 0 aromatic heterocycles. The summed E-state index contributed by atoms with van der Waals surface area (Å²) >= 11 is 0. The highest BCUT2D eigenvalue weighted by molar-refractivity contribution is 5.78. The van der Waals surface area contributed by atoms with Gasteiger partial charge in [0, 0.05) is 18.3 Å². The number of rotatable bonds is 6. The van der Waals surface area contributed by atoms with E-state index in [2.05, 4.69) is 17.1 Å². The van der Waals surface area contributed by atoms with Crippen LogP contribution in [-0.2, 0) is 11.3 Å². The molecule has 0 aliphatic heterocycles. The highest BCUT2D eigenvalue weighted by Crippen LogP contribution is 2.17. The minimum atomic E-state index is 0.147. The minimum Gasteiger partial charge on any atom is -0.399 e. The van der Waals surface area contributed by atoms with Gasteiger partial charge in [-0.1, -0.05) is 31.9 Å². The predicted molar refractivity (Wildman–Crippen MR) is 82.2 cm³/mol. The summed E-state index contributed by atoms with van der Waals surface area (Å²) in [6, 6.07) is 8.25. The van der Waals surface area contributed by atoms with Crippen molar-refractivity contribution in [1.82, 2.24) is 10.2 Å². The topological polar surface area (TPSA) is 58.4 Å². The van der Waals surface area contributed by atoms with E-state index in [0.717, 1.165) is 31.6 Å². The zero-order chi connectivity index (χ0) is 14.4. The summed E-state index contributed by atoms with van der Waals surface area (Å²) in [5.41, 5.74) is 7.65. The average molecular weight is 275 g/mol. The molecule has 1 fully saturated rings. The molecule has 110 valence electrons. The Hall–Kier alpha value is -1.55. The van der Waals surface area contributed by atoms with E-state index in [9.17, 15) is 4.79 Å². The number of amides is 1. The van der Waals surface area contributed by atoms with E-state index in [-0.39, 0.29) is 5.91 Å². The molecule has 0 heterocycles. The molecule has 1 aromatic carbocycles. The van der Waals surface area contributed by atoms with Crippen LogP contribution in [0.4, 0.5) is 5.69 Å². The fourth-order valence-electron chi connectivity index (χ4n) is 2.71. The van der Waals surface area contributed by atoms with Crippen LogP contribution in [0.15, 0.2) is 24.3 Å². The molecule has 2 rings (SSSR count). The van der Waals surface area contributed by atoms with Crippen LogP contribution < -0.4 is 11.1 Å². The molecular weight excluding hydrogens is 250 g/mol. The van der Waals surface area contributed by atoms with Crippen LogP contribution in [0.2, 0.25) is 0 Å². The maximum absolute atomic E-state index is 12.0. The first-order chi connectivity index (χ1) is 9.67. The normalized spacial score (nSPS) is 15.7. The number of nitrogen functional groups attached to an aromatic ring is 1. The molecule has 0 atom stereocenters. The minimum absolute atomic E-state index is 0.147. The monoisotopic (exact) mass is 275 g/mol. The van der Waals surface area contributed by atoms with Crippen LogP contribution >= 0.6 is 0 Å². The van der Waals surface area contributed by atoms with E-state index in [1.165, 1.54) is 18.4 Å². The van der Waals surface area contributed by atoms with E-state index in [4.69, 9.17) is 5.73 Å². The van der Waals surface area contributed by atoms with Crippen molar-refractivity contribution in [2.45, 2.75) is 45.2 Å². The second-order valence-corrected chi connectivity index (χ2v) is 5.59. The number of nitrogens with zero attached hydrogens (tertiary/aromatic N) is 1. The Balaban J connectivity index is 1.81. The molecule has 0 saturated heterocycles. The summed E-state index contributed by atoms with van der Waals surface area (Å²) < 4.78 is 0. The van der Waals surface area contributed by atoms with Crippen molar-refractivity contribution in [2.75, 3.05) is 18.8 Å². The first kappa shape index (κ1) is 14.9. The van der Waals surface area contributed by atoms with Crippen LogP contribution in [0.5, 0.6) is 0 Å². The molecule has 0 bridgehead atoms. The summed E-state index contributed by atoms with van der Waals surface area (Å²) in [5, 5.41) is 3.14. The van der Waals surface area contributed by atoms with Gasteiger partial charge in [-0.15, -0.1) is 0 Å². The number of nitrogens with two attached hydrogens (primary N) is 1. The fourth-order valence-corrected chi connectivity index (χ4v) is 2.71. The second kappa shape index (κ2) is 7.29. The van der Waals surface area contributed by atoms with Gasteiger partial charge < -0.3 is 11.1 Å². The van der Waals surface area contributed by atoms with Crippen molar-refractivity contribution in [2.24, 2.45) is 0 Å². The van der Waals surface area contributed by atoms with Gasteiger partial charge >= 0.3 is 0 Å². The van der Waals surface area contributed by atoms with Gasteiger partial charge in [0.1, 0.15) is 0 Å². The first-order valence-corrected chi connectivity index (χ1v) is 7.53. The molecule has 4 nitrogen and oxygen atoms in total. The van der Waals surface area contributed by atoms with Gasteiger partial charge in [-0.05, 0) is 37.1 Å². The highest BCUT2D eigenvalue weighted by Gasteiger charge is 2.18. The third kappa shape index (κ3) is 4.53. The lowest BCUT2D eigenvalue weighted by atomic mass is 10.2. The Labute approximate surface area is 121 Å². The van der Waals surface area contributed by atoms with Gasteiger partial charge in [0.15, 0.2) is 0 Å². The van der Waals surface area contributed by atoms with Crippen molar-refractivity contribution in [3.63, 3.8) is 0 Å². The standard InChI is InChI=1S/C16H25N3O/c1-2-19(11-13-7-9-14(17)10-8-13)12-16(20)18-15-5-3-4-6-15/h7-10,15H,2-6,11-12,17H2,1H3,(H,18,20). The number of likely N-dealkylation sites (N-methyl/N-ethyl adjacent to an activating group) is 1. The van der Waals surface area contributed by atoms with E-state index in [1.54, 1.807) is 0 Å². The number of hydrogen-bond donors (Lipinski definition) is 2. The van der Waals surface area contributed by atoms with Crippen molar-refractivity contribution in [3.05, 3.63) is 29.8 Å². The number of nitrogens with one attached hydrogen (secondary N) is 1. The van der Waals surface area contributed by atoms with Crippen LogP contribution in [0.1, 0.15) is 38.2 Å². The van der Waals surface area contributed by atoms with Gasteiger partial charge in [0.25, 0.3) is 0 Å². The van der Waals surface area contributed by atoms with Crippen LogP contribution in [0.3, 0.4) is 0 Å². The number of carbonyl (C=O) groups excluding carboxylic acids is 1. The summed E-state index contributed by atoms with van der Waals surface area (Å²) in [4.78, 5) is 14.2. The van der Waals surface area contributed by atoms with Crippen molar-refractivity contribution in [1.29, 1.82) is 0 Å². The molecular formula is C16H25N3O. The molecule has 1 aliphatic rings.